The van der Waals surface area contributed by atoms with Crippen LogP contribution in [-0.2, 0) is 0 Å². The Hall–Kier alpha value is -3.14. The van der Waals surface area contributed by atoms with E-state index in [4.69, 9.17) is 5.41 Å². The molecular formula is C21H21N5O. The van der Waals surface area contributed by atoms with Crippen LogP contribution in [0.25, 0.3) is 0 Å². The van der Waals surface area contributed by atoms with Gasteiger partial charge in [-0.3, -0.25) is 4.90 Å². The topological polar surface area (TPSA) is 119 Å². The smallest absolute Gasteiger partial charge is 0.189 e. The van der Waals surface area contributed by atoms with Crippen LogP contribution >= 0.6 is 0 Å². The van der Waals surface area contributed by atoms with Crippen molar-refractivity contribution in [2.24, 2.45) is 17.3 Å². The molecule has 0 aromatic heterocycles. The van der Waals surface area contributed by atoms with Crippen LogP contribution in [0, 0.1) is 56.7 Å². The molecule has 0 amide bonds. The number of phenolic OH excluding ortho intramolecular Hbond substituents is 1. The zero-order valence-electron chi connectivity index (χ0n) is 15.3. The van der Waals surface area contributed by atoms with Crippen molar-refractivity contribution in [2.45, 2.75) is 25.8 Å². The fraction of sp³-hybridized carbons (Fsp3) is 0.429. The third-order valence-corrected chi connectivity index (χ3v) is 5.78. The number of phenols is 1. The molecule has 1 aromatic rings. The van der Waals surface area contributed by atoms with Crippen molar-refractivity contribution in [1.82, 2.24) is 4.90 Å². The molecule has 1 aliphatic heterocycles. The van der Waals surface area contributed by atoms with Gasteiger partial charge in [0.25, 0.3) is 0 Å². The van der Waals surface area contributed by atoms with Gasteiger partial charge in [-0.15, -0.1) is 0 Å². The van der Waals surface area contributed by atoms with Crippen LogP contribution in [0.15, 0.2) is 35.9 Å². The van der Waals surface area contributed by atoms with Crippen molar-refractivity contribution in [3.63, 3.8) is 0 Å². The molecule has 3 rings (SSSR count). The highest BCUT2D eigenvalue weighted by Gasteiger charge is 2.57. The zero-order valence-corrected chi connectivity index (χ0v) is 15.3. The number of aromatic hydroxyl groups is 1. The number of rotatable bonds is 2. The molecule has 0 spiro atoms. The Morgan fingerprint density at radius 1 is 1.26 bits per heavy atom. The van der Waals surface area contributed by atoms with Crippen molar-refractivity contribution in [3.05, 3.63) is 41.5 Å². The van der Waals surface area contributed by atoms with Crippen LogP contribution < -0.4 is 0 Å². The average Bonchev–Trinajstić information content (AvgIpc) is 2.66. The van der Waals surface area contributed by atoms with E-state index in [1.807, 2.05) is 6.08 Å². The van der Waals surface area contributed by atoms with Crippen LogP contribution in [0.3, 0.4) is 0 Å². The Labute approximate surface area is 159 Å². The average molecular weight is 359 g/mol. The van der Waals surface area contributed by atoms with E-state index in [0.717, 1.165) is 5.57 Å². The normalized spacial score (nSPS) is 27.0. The zero-order chi connectivity index (χ0) is 19.8. The molecule has 1 aromatic carbocycles. The lowest BCUT2D eigenvalue weighted by Gasteiger charge is -2.48. The Morgan fingerprint density at radius 2 is 1.96 bits per heavy atom. The molecule has 0 bridgehead atoms. The van der Waals surface area contributed by atoms with E-state index in [2.05, 4.69) is 37.0 Å². The fourth-order valence-corrected chi connectivity index (χ4v) is 4.35. The number of nitriles is 3. The van der Waals surface area contributed by atoms with Gasteiger partial charge in [0.15, 0.2) is 5.41 Å². The summed E-state index contributed by atoms with van der Waals surface area (Å²) >= 11 is 0. The second-order valence-electron chi connectivity index (χ2n) is 7.44. The van der Waals surface area contributed by atoms with Gasteiger partial charge < -0.3 is 10.5 Å². The van der Waals surface area contributed by atoms with E-state index >= 15 is 0 Å². The van der Waals surface area contributed by atoms with Crippen LogP contribution in [0.4, 0.5) is 0 Å². The molecule has 0 radical (unpaired) electrons. The first-order chi connectivity index (χ1) is 12.9. The van der Waals surface area contributed by atoms with E-state index in [0.29, 0.717) is 18.7 Å². The standard InChI is InChI=1S/C21H21N5O/c1-13(2)26-7-6-16-17(9-22)20(25)21(11-23,12-24)19(18(16)10-26)14-4-3-5-15(27)8-14/h3-6,8,13,17-19,25,27H,7,10H2,1-2H3/t17?,18-,19-/m0/s1. The van der Waals surface area contributed by atoms with Gasteiger partial charge in [0.05, 0.1) is 23.9 Å². The lowest BCUT2D eigenvalue weighted by atomic mass is 9.54. The third kappa shape index (κ3) is 2.78. The molecule has 1 unspecified atom stereocenters. The predicted octanol–water partition coefficient (Wildman–Crippen LogP) is 2.95. The molecule has 3 atom stereocenters. The highest BCUT2D eigenvalue weighted by Crippen LogP contribution is 2.53. The quantitative estimate of drug-likeness (QED) is 0.787. The number of nitrogens with one attached hydrogen (secondary N) is 1. The van der Waals surface area contributed by atoms with Gasteiger partial charge in [0.1, 0.15) is 11.7 Å². The monoisotopic (exact) mass is 359 g/mol. The first-order valence-corrected chi connectivity index (χ1v) is 8.93. The molecule has 2 aliphatic rings. The summed E-state index contributed by atoms with van der Waals surface area (Å²) in [6.45, 7) is 5.43. The van der Waals surface area contributed by atoms with Crippen molar-refractivity contribution < 1.29 is 5.11 Å². The van der Waals surface area contributed by atoms with Gasteiger partial charge in [0, 0.05) is 31.0 Å². The van der Waals surface area contributed by atoms with E-state index in [9.17, 15) is 20.9 Å². The SMILES string of the molecule is CC(C)N1CC=C2C(C#N)C(=N)C(C#N)(C#N)[C@@H](c3cccc(O)c3)[C@H]2C1. The molecule has 136 valence electrons. The van der Waals surface area contributed by atoms with Crippen molar-refractivity contribution in [2.75, 3.05) is 13.1 Å². The van der Waals surface area contributed by atoms with Gasteiger partial charge >= 0.3 is 0 Å². The Balaban J connectivity index is 2.25. The van der Waals surface area contributed by atoms with Crippen LogP contribution in [-0.4, -0.2) is 34.8 Å². The Kier molecular flexibility index (Phi) is 4.75. The highest BCUT2D eigenvalue weighted by molar-refractivity contribution is 6.00. The number of fused-ring (bicyclic) bond motifs is 1. The molecule has 27 heavy (non-hydrogen) atoms. The second kappa shape index (κ2) is 6.88. The minimum atomic E-state index is -1.74. The van der Waals surface area contributed by atoms with Crippen LogP contribution in [0.1, 0.15) is 25.3 Å². The maximum absolute atomic E-state index is 9.97. The summed E-state index contributed by atoms with van der Waals surface area (Å²) in [5, 5.41) is 48.2. The molecule has 6 nitrogen and oxygen atoms in total. The van der Waals surface area contributed by atoms with Gasteiger partial charge in [-0.05, 0) is 37.1 Å². The molecule has 6 heteroatoms. The minimum absolute atomic E-state index is 0.0493. The molecule has 1 aliphatic carbocycles. The number of hydrogen-bond acceptors (Lipinski definition) is 6. The number of hydrogen-bond donors (Lipinski definition) is 2. The maximum Gasteiger partial charge on any atom is 0.189 e. The number of nitrogens with zero attached hydrogens (tertiary/aromatic N) is 4. The predicted molar refractivity (Wildman–Crippen MR) is 99.6 cm³/mol. The van der Waals surface area contributed by atoms with E-state index < -0.39 is 17.3 Å². The van der Waals surface area contributed by atoms with E-state index in [1.54, 1.807) is 18.2 Å². The van der Waals surface area contributed by atoms with Crippen LogP contribution in [0.2, 0.25) is 0 Å². The largest absolute Gasteiger partial charge is 0.508 e. The molecule has 2 N–H and O–H groups in total. The summed E-state index contributed by atoms with van der Waals surface area (Å²) in [5.41, 5.74) is -0.450. The van der Waals surface area contributed by atoms with Gasteiger partial charge in [-0.1, -0.05) is 18.2 Å². The fourth-order valence-electron chi connectivity index (χ4n) is 4.35. The van der Waals surface area contributed by atoms with Gasteiger partial charge in [-0.25, -0.2) is 0 Å². The van der Waals surface area contributed by atoms with Crippen molar-refractivity contribution in [1.29, 1.82) is 21.2 Å². The summed E-state index contributed by atoms with van der Waals surface area (Å²) in [6, 6.07) is 13.1. The Bertz CT molecular complexity index is 913. The lowest BCUT2D eigenvalue weighted by Crippen LogP contribution is -2.53. The summed E-state index contributed by atoms with van der Waals surface area (Å²) in [6.07, 6.45) is 1.98. The molecule has 1 saturated carbocycles. The van der Waals surface area contributed by atoms with Crippen LogP contribution in [0.5, 0.6) is 5.75 Å². The summed E-state index contributed by atoms with van der Waals surface area (Å²) in [5.74, 6) is -1.68. The van der Waals surface area contributed by atoms with E-state index in [1.165, 1.54) is 6.07 Å². The summed E-state index contributed by atoms with van der Waals surface area (Å²) < 4.78 is 0. The molecule has 1 fully saturated rings. The number of benzene rings is 1. The molecular weight excluding hydrogens is 338 g/mol. The molecule has 1 heterocycles. The van der Waals surface area contributed by atoms with Gasteiger partial charge in [0.2, 0.25) is 0 Å². The Morgan fingerprint density at radius 3 is 2.52 bits per heavy atom. The van der Waals surface area contributed by atoms with Gasteiger partial charge in [-0.2, -0.15) is 15.8 Å². The second-order valence-corrected chi connectivity index (χ2v) is 7.44. The molecule has 0 saturated heterocycles. The first kappa shape index (κ1) is 18.6. The summed E-state index contributed by atoms with van der Waals surface area (Å²) in [7, 11) is 0. The first-order valence-electron chi connectivity index (χ1n) is 8.93. The highest BCUT2D eigenvalue weighted by atomic mass is 16.3. The van der Waals surface area contributed by atoms with E-state index in [-0.39, 0.29) is 23.4 Å². The third-order valence-electron chi connectivity index (χ3n) is 5.78. The maximum atomic E-state index is 9.97. The minimum Gasteiger partial charge on any atom is -0.508 e. The lowest BCUT2D eigenvalue weighted by molar-refractivity contribution is 0.171. The summed E-state index contributed by atoms with van der Waals surface area (Å²) in [4.78, 5) is 2.23. The van der Waals surface area contributed by atoms with Crippen molar-refractivity contribution >= 4 is 5.71 Å². The van der Waals surface area contributed by atoms with Crippen molar-refractivity contribution in [3.8, 4) is 24.0 Å².